The number of ether oxygens (including phenoxy) is 2. The van der Waals surface area contributed by atoms with E-state index in [1.165, 1.54) is 7.11 Å². The summed E-state index contributed by atoms with van der Waals surface area (Å²) in [6, 6.07) is 7.01. The SMILES string of the molecule is CCOc1ccc(NC(=O)c2sc(NC(=O)C3CC3)c(C(=O)OC)c2C)cc1. The van der Waals surface area contributed by atoms with E-state index in [0.29, 0.717) is 33.5 Å². The third-order valence-electron chi connectivity index (χ3n) is 4.35. The van der Waals surface area contributed by atoms with Crippen LogP contribution < -0.4 is 15.4 Å². The summed E-state index contributed by atoms with van der Waals surface area (Å²) in [6.45, 7) is 4.13. The molecule has 0 atom stereocenters. The Labute approximate surface area is 167 Å². The molecule has 0 unspecified atom stereocenters. The summed E-state index contributed by atoms with van der Waals surface area (Å²) in [7, 11) is 1.27. The Balaban J connectivity index is 1.83. The Morgan fingerprint density at radius 3 is 2.39 bits per heavy atom. The average Bonchev–Trinajstić information content (AvgIpc) is 3.48. The molecule has 0 aliphatic heterocycles. The number of amides is 2. The highest BCUT2D eigenvalue weighted by molar-refractivity contribution is 7.19. The zero-order valence-electron chi connectivity index (χ0n) is 16.0. The summed E-state index contributed by atoms with van der Waals surface area (Å²) in [5.74, 6) is -0.381. The Hall–Kier alpha value is -2.87. The fourth-order valence-electron chi connectivity index (χ4n) is 2.71. The van der Waals surface area contributed by atoms with E-state index >= 15 is 0 Å². The lowest BCUT2D eigenvalue weighted by Gasteiger charge is -2.07. The van der Waals surface area contributed by atoms with Crippen LogP contribution in [0.2, 0.25) is 0 Å². The molecule has 2 amide bonds. The molecule has 8 heteroatoms. The summed E-state index contributed by atoms with van der Waals surface area (Å²) in [4.78, 5) is 37.4. The monoisotopic (exact) mass is 402 g/mol. The van der Waals surface area contributed by atoms with Crippen LogP contribution in [0.15, 0.2) is 24.3 Å². The van der Waals surface area contributed by atoms with E-state index in [-0.39, 0.29) is 23.3 Å². The molecular weight excluding hydrogens is 380 g/mol. The molecule has 1 aromatic carbocycles. The Morgan fingerprint density at radius 1 is 1.14 bits per heavy atom. The second kappa shape index (κ2) is 8.43. The highest BCUT2D eigenvalue weighted by Crippen LogP contribution is 2.37. The molecular formula is C20H22N2O5S. The molecule has 2 N–H and O–H groups in total. The van der Waals surface area contributed by atoms with Gasteiger partial charge < -0.3 is 20.1 Å². The number of esters is 1. The number of thiophene rings is 1. The molecule has 7 nitrogen and oxygen atoms in total. The van der Waals surface area contributed by atoms with Gasteiger partial charge in [0.1, 0.15) is 10.8 Å². The molecule has 3 rings (SSSR count). The molecule has 1 fully saturated rings. The van der Waals surface area contributed by atoms with Crippen molar-refractivity contribution >= 4 is 39.8 Å². The lowest BCUT2D eigenvalue weighted by atomic mass is 10.1. The number of rotatable bonds is 7. The number of carbonyl (C=O) groups excluding carboxylic acids is 3. The molecule has 1 aliphatic carbocycles. The van der Waals surface area contributed by atoms with Gasteiger partial charge in [0.15, 0.2) is 0 Å². The number of nitrogens with one attached hydrogen (secondary N) is 2. The lowest BCUT2D eigenvalue weighted by Crippen LogP contribution is -2.15. The van der Waals surface area contributed by atoms with Gasteiger partial charge >= 0.3 is 5.97 Å². The van der Waals surface area contributed by atoms with Crippen LogP contribution in [0.25, 0.3) is 0 Å². The first-order valence-corrected chi connectivity index (χ1v) is 9.83. The zero-order valence-corrected chi connectivity index (χ0v) is 16.8. The van der Waals surface area contributed by atoms with Gasteiger partial charge in [-0.05, 0) is 56.5 Å². The zero-order chi connectivity index (χ0) is 20.3. The quantitative estimate of drug-likeness (QED) is 0.686. The maximum absolute atomic E-state index is 12.8. The molecule has 1 saturated carbocycles. The normalized spacial score (nSPS) is 13.0. The molecule has 0 radical (unpaired) electrons. The summed E-state index contributed by atoms with van der Waals surface area (Å²) < 4.78 is 10.2. The van der Waals surface area contributed by atoms with Crippen molar-refractivity contribution in [3.8, 4) is 5.75 Å². The van der Waals surface area contributed by atoms with Crippen molar-refractivity contribution < 1.29 is 23.9 Å². The van der Waals surface area contributed by atoms with E-state index in [1.54, 1.807) is 31.2 Å². The van der Waals surface area contributed by atoms with Crippen molar-refractivity contribution in [1.29, 1.82) is 0 Å². The summed E-state index contributed by atoms with van der Waals surface area (Å²) in [6.07, 6.45) is 1.68. The van der Waals surface area contributed by atoms with E-state index in [0.717, 1.165) is 24.2 Å². The second-order valence-electron chi connectivity index (χ2n) is 6.43. The molecule has 1 heterocycles. The molecule has 0 bridgehead atoms. The van der Waals surface area contributed by atoms with Crippen LogP contribution in [0.1, 0.15) is 45.4 Å². The lowest BCUT2D eigenvalue weighted by molar-refractivity contribution is -0.117. The molecule has 148 valence electrons. The topological polar surface area (TPSA) is 93.7 Å². The first-order chi connectivity index (χ1) is 13.4. The van der Waals surface area contributed by atoms with Gasteiger partial charge in [-0.3, -0.25) is 9.59 Å². The van der Waals surface area contributed by atoms with Crippen LogP contribution >= 0.6 is 11.3 Å². The smallest absolute Gasteiger partial charge is 0.341 e. The molecule has 2 aromatic rings. The summed E-state index contributed by atoms with van der Waals surface area (Å²) in [5.41, 5.74) is 1.30. The van der Waals surface area contributed by atoms with Crippen LogP contribution in [-0.2, 0) is 9.53 Å². The Kier molecular flexibility index (Phi) is 5.99. The maximum Gasteiger partial charge on any atom is 0.341 e. The van der Waals surface area contributed by atoms with Gasteiger partial charge in [-0.25, -0.2) is 4.79 Å². The fraction of sp³-hybridized carbons (Fsp3) is 0.350. The number of hydrogen-bond donors (Lipinski definition) is 2. The highest BCUT2D eigenvalue weighted by Gasteiger charge is 2.32. The van der Waals surface area contributed by atoms with Crippen LogP contribution in [0.5, 0.6) is 5.75 Å². The standard InChI is InChI=1S/C20H22N2O5S/c1-4-27-14-9-7-13(8-10-14)21-18(24)16-11(2)15(20(25)26-3)19(28-16)22-17(23)12-5-6-12/h7-10,12H,4-6H2,1-3H3,(H,21,24)(H,22,23). The minimum atomic E-state index is -0.583. The highest BCUT2D eigenvalue weighted by atomic mass is 32.1. The third kappa shape index (κ3) is 4.33. The Bertz CT molecular complexity index is 900. The van der Waals surface area contributed by atoms with Crippen molar-refractivity contribution in [2.75, 3.05) is 24.4 Å². The molecule has 1 aromatic heterocycles. The van der Waals surface area contributed by atoms with Gasteiger partial charge in [0, 0.05) is 11.6 Å². The van der Waals surface area contributed by atoms with Crippen molar-refractivity contribution in [3.05, 3.63) is 40.3 Å². The minimum Gasteiger partial charge on any atom is -0.494 e. The fourth-order valence-corrected chi connectivity index (χ4v) is 3.81. The van der Waals surface area contributed by atoms with E-state index in [1.807, 2.05) is 6.92 Å². The molecule has 28 heavy (non-hydrogen) atoms. The van der Waals surface area contributed by atoms with Crippen molar-refractivity contribution in [2.24, 2.45) is 5.92 Å². The third-order valence-corrected chi connectivity index (χ3v) is 5.56. The van der Waals surface area contributed by atoms with E-state index in [4.69, 9.17) is 9.47 Å². The molecule has 0 spiro atoms. The number of anilines is 2. The van der Waals surface area contributed by atoms with Gasteiger partial charge in [-0.15, -0.1) is 11.3 Å². The van der Waals surface area contributed by atoms with Crippen LogP contribution in [0.4, 0.5) is 10.7 Å². The largest absolute Gasteiger partial charge is 0.494 e. The first-order valence-electron chi connectivity index (χ1n) is 9.01. The average molecular weight is 402 g/mol. The van der Waals surface area contributed by atoms with Gasteiger partial charge in [0.2, 0.25) is 5.91 Å². The van der Waals surface area contributed by atoms with Gasteiger partial charge in [0.05, 0.1) is 24.2 Å². The van der Waals surface area contributed by atoms with Gasteiger partial charge in [-0.1, -0.05) is 0 Å². The first kappa shape index (κ1) is 19.9. The predicted octanol–water partition coefficient (Wildman–Crippen LogP) is 3.84. The predicted molar refractivity (Wildman–Crippen MR) is 107 cm³/mol. The molecule has 0 saturated heterocycles. The minimum absolute atomic E-state index is 0.0194. The number of benzene rings is 1. The summed E-state index contributed by atoms with van der Waals surface area (Å²) >= 11 is 1.07. The van der Waals surface area contributed by atoms with Crippen molar-refractivity contribution in [3.63, 3.8) is 0 Å². The van der Waals surface area contributed by atoms with Crippen molar-refractivity contribution in [2.45, 2.75) is 26.7 Å². The van der Waals surface area contributed by atoms with Gasteiger partial charge in [-0.2, -0.15) is 0 Å². The Morgan fingerprint density at radius 2 is 1.82 bits per heavy atom. The maximum atomic E-state index is 12.8. The molecule has 1 aliphatic rings. The van der Waals surface area contributed by atoms with Crippen LogP contribution in [0, 0.1) is 12.8 Å². The van der Waals surface area contributed by atoms with Crippen LogP contribution in [0.3, 0.4) is 0 Å². The van der Waals surface area contributed by atoms with E-state index in [2.05, 4.69) is 10.6 Å². The van der Waals surface area contributed by atoms with E-state index < -0.39 is 5.97 Å². The number of carbonyl (C=O) groups is 3. The van der Waals surface area contributed by atoms with Crippen molar-refractivity contribution in [1.82, 2.24) is 0 Å². The van der Waals surface area contributed by atoms with Gasteiger partial charge in [0.25, 0.3) is 5.91 Å². The van der Waals surface area contributed by atoms with E-state index in [9.17, 15) is 14.4 Å². The summed E-state index contributed by atoms with van der Waals surface area (Å²) in [5, 5.41) is 5.92. The number of methoxy groups -OCH3 is 1. The van der Waals surface area contributed by atoms with Crippen LogP contribution in [-0.4, -0.2) is 31.5 Å². The number of hydrogen-bond acceptors (Lipinski definition) is 6. The second-order valence-corrected chi connectivity index (χ2v) is 7.45.